The van der Waals surface area contributed by atoms with Crippen molar-refractivity contribution in [3.63, 3.8) is 0 Å². The average molecular weight is 489 g/mol. The third-order valence-electron chi connectivity index (χ3n) is 5.70. The van der Waals surface area contributed by atoms with Crippen molar-refractivity contribution in [3.8, 4) is 5.75 Å². The van der Waals surface area contributed by atoms with E-state index in [0.717, 1.165) is 25.0 Å². The van der Waals surface area contributed by atoms with Gasteiger partial charge in [0.05, 0.1) is 15.8 Å². The molecule has 1 aromatic carbocycles. The summed E-state index contributed by atoms with van der Waals surface area (Å²) in [6.07, 6.45) is 4.47. The van der Waals surface area contributed by atoms with E-state index in [1.165, 1.54) is 18.5 Å². The number of aromatic nitrogens is 2. The third kappa shape index (κ3) is 4.73. The fourth-order valence-corrected chi connectivity index (χ4v) is 4.14. The van der Waals surface area contributed by atoms with Gasteiger partial charge >= 0.3 is 0 Å². The molecule has 2 aromatic heterocycles. The lowest BCUT2D eigenvalue weighted by molar-refractivity contribution is 0.253. The molecule has 5 N–H and O–H groups in total. The average Bonchev–Trinajstić information content (AvgIpc) is 2.77. The summed E-state index contributed by atoms with van der Waals surface area (Å²) in [5.74, 6) is 0.0957. The van der Waals surface area contributed by atoms with Gasteiger partial charge in [0.1, 0.15) is 12.4 Å². The summed E-state index contributed by atoms with van der Waals surface area (Å²) in [6.45, 7) is 4.37. The molecule has 10 heteroatoms. The first-order chi connectivity index (χ1) is 15.7. The van der Waals surface area contributed by atoms with Crippen molar-refractivity contribution >= 4 is 40.4 Å². The van der Waals surface area contributed by atoms with E-state index in [2.05, 4.69) is 21.8 Å². The number of halogens is 3. The van der Waals surface area contributed by atoms with Gasteiger partial charge in [0.25, 0.3) is 0 Å². The normalized spacial score (nSPS) is 14.6. The van der Waals surface area contributed by atoms with Crippen LogP contribution in [0.25, 0.3) is 0 Å². The summed E-state index contributed by atoms with van der Waals surface area (Å²) < 4.78 is 20.1. The minimum Gasteiger partial charge on any atom is -0.486 e. The lowest BCUT2D eigenvalue weighted by Gasteiger charge is -2.48. The molecule has 7 nitrogen and oxygen atoms in total. The maximum atomic E-state index is 14.5. The standard InChI is InChI=1S/C23H23Cl2FN6O/c1-23(10-27)11-32(12-23)21-3-2-13(6-31-21)22(29)14-4-20(18(26)5-19(14)28)33-9-15-16(24)7-30-8-17(15)25/h2-8,29H,9-12,27-28H2,1H3. The van der Waals surface area contributed by atoms with E-state index in [9.17, 15) is 4.39 Å². The molecule has 0 unspecified atom stereocenters. The molecule has 1 saturated heterocycles. The van der Waals surface area contributed by atoms with Crippen molar-refractivity contribution < 1.29 is 9.13 Å². The van der Waals surface area contributed by atoms with Crippen LogP contribution in [0, 0.1) is 16.6 Å². The Kier molecular flexibility index (Phi) is 6.43. The number of nitrogens with two attached hydrogens (primary N) is 2. The number of pyridine rings is 2. The van der Waals surface area contributed by atoms with Gasteiger partial charge in [-0.1, -0.05) is 30.1 Å². The highest BCUT2D eigenvalue weighted by molar-refractivity contribution is 6.35. The molecular formula is C23H23Cl2FN6O. The predicted octanol–water partition coefficient (Wildman–Crippen LogP) is 4.28. The Morgan fingerprint density at radius 1 is 1.21 bits per heavy atom. The molecule has 1 fully saturated rings. The van der Waals surface area contributed by atoms with Crippen LogP contribution in [0.4, 0.5) is 15.9 Å². The number of hydrogen-bond donors (Lipinski definition) is 3. The molecule has 0 atom stereocenters. The van der Waals surface area contributed by atoms with Gasteiger partial charge in [-0.05, 0) is 18.2 Å². The maximum absolute atomic E-state index is 14.5. The smallest absolute Gasteiger partial charge is 0.167 e. The van der Waals surface area contributed by atoms with Crippen molar-refractivity contribution in [3.05, 3.63) is 75.4 Å². The monoisotopic (exact) mass is 488 g/mol. The van der Waals surface area contributed by atoms with E-state index in [4.69, 9.17) is 44.8 Å². The second-order valence-electron chi connectivity index (χ2n) is 8.39. The molecule has 0 radical (unpaired) electrons. The van der Waals surface area contributed by atoms with Gasteiger partial charge in [-0.2, -0.15) is 0 Å². The molecule has 0 aliphatic carbocycles. The number of nitrogens with zero attached hydrogens (tertiary/aromatic N) is 3. The first-order valence-corrected chi connectivity index (χ1v) is 11.0. The topological polar surface area (TPSA) is 114 Å². The molecule has 172 valence electrons. The van der Waals surface area contributed by atoms with Gasteiger partial charge < -0.3 is 21.1 Å². The van der Waals surface area contributed by atoms with Crippen LogP contribution in [0.2, 0.25) is 10.0 Å². The molecule has 33 heavy (non-hydrogen) atoms. The quantitative estimate of drug-likeness (QED) is 0.337. The van der Waals surface area contributed by atoms with Crippen molar-refractivity contribution in [2.24, 2.45) is 11.1 Å². The third-order valence-corrected chi connectivity index (χ3v) is 6.35. The molecule has 0 spiro atoms. The predicted molar refractivity (Wildman–Crippen MR) is 129 cm³/mol. The summed E-state index contributed by atoms with van der Waals surface area (Å²) >= 11 is 12.2. The van der Waals surface area contributed by atoms with Crippen LogP contribution < -0.4 is 21.1 Å². The molecule has 1 aliphatic rings. The van der Waals surface area contributed by atoms with E-state index in [1.54, 1.807) is 12.3 Å². The van der Waals surface area contributed by atoms with Crippen LogP contribution in [0.5, 0.6) is 5.75 Å². The number of anilines is 2. The van der Waals surface area contributed by atoms with Gasteiger partial charge in [-0.25, -0.2) is 9.37 Å². The van der Waals surface area contributed by atoms with Crippen molar-refractivity contribution in [2.75, 3.05) is 30.3 Å². The Morgan fingerprint density at radius 3 is 2.52 bits per heavy atom. The number of rotatable bonds is 7. The van der Waals surface area contributed by atoms with Gasteiger partial charge in [0.2, 0.25) is 0 Å². The minimum absolute atomic E-state index is 0.0679. The zero-order valence-corrected chi connectivity index (χ0v) is 19.4. The molecule has 3 aromatic rings. The van der Waals surface area contributed by atoms with Crippen LogP contribution in [0.1, 0.15) is 23.6 Å². The summed E-state index contributed by atoms with van der Waals surface area (Å²) in [6, 6.07) is 6.17. The summed E-state index contributed by atoms with van der Waals surface area (Å²) in [7, 11) is 0. The molecule has 4 rings (SSSR count). The molecule has 1 aliphatic heterocycles. The summed E-state index contributed by atoms with van der Waals surface area (Å²) in [5, 5.41) is 9.22. The fraction of sp³-hybridized carbons (Fsp3) is 0.261. The van der Waals surface area contributed by atoms with Gasteiger partial charge in [-0.15, -0.1) is 0 Å². The first kappa shape index (κ1) is 23.2. The van der Waals surface area contributed by atoms with E-state index >= 15 is 0 Å². The van der Waals surface area contributed by atoms with Gasteiger partial charge in [0, 0.05) is 72.1 Å². The summed E-state index contributed by atoms with van der Waals surface area (Å²) in [4.78, 5) is 10.5. The number of hydrogen-bond acceptors (Lipinski definition) is 7. The van der Waals surface area contributed by atoms with Crippen molar-refractivity contribution in [1.29, 1.82) is 5.41 Å². The highest BCUT2D eigenvalue weighted by Gasteiger charge is 2.38. The first-order valence-electron chi connectivity index (χ1n) is 10.2. The highest BCUT2D eigenvalue weighted by Crippen LogP contribution is 2.33. The van der Waals surface area contributed by atoms with Crippen LogP contribution in [-0.4, -0.2) is 35.3 Å². The van der Waals surface area contributed by atoms with Crippen molar-refractivity contribution in [2.45, 2.75) is 13.5 Å². The number of ether oxygens (including phenoxy) is 1. The SMILES string of the molecule is CC1(CN)CN(c2ccc(C(=N)c3cc(OCc4c(Cl)cncc4Cl)c(F)cc3N)cn2)C1. The van der Waals surface area contributed by atoms with Crippen LogP contribution in [0.3, 0.4) is 0 Å². The zero-order chi connectivity index (χ0) is 23.8. The lowest BCUT2D eigenvalue weighted by atomic mass is 9.82. The zero-order valence-electron chi connectivity index (χ0n) is 17.9. The van der Waals surface area contributed by atoms with E-state index in [-0.39, 0.29) is 29.2 Å². The second-order valence-corrected chi connectivity index (χ2v) is 9.21. The molecular weight excluding hydrogens is 466 g/mol. The largest absolute Gasteiger partial charge is 0.486 e. The van der Waals surface area contributed by atoms with Crippen LogP contribution in [0.15, 0.2) is 42.9 Å². The number of nitrogens with one attached hydrogen (secondary N) is 1. The Balaban J connectivity index is 1.52. The lowest BCUT2D eigenvalue weighted by Crippen LogP contribution is -2.58. The van der Waals surface area contributed by atoms with E-state index < -0.39 is 5.82 Å². The second kappa shape index (κ2) is 9.13. The molecule has 3 heterocycles. The highest BCUT2D eigenvalue weighted by atomic mass is 35.5. The Bertz CT molecular complexity index is 1180. The Morgan fingerprint density at radius 2 is 1.91 bits per heavy atom. The minimum atomic E-state index is -0.653. The Labute approximate surface area is 201 Å². The maximum Gasteiger partial charge on any atom is 0.167 e. The van der Waals surface area contributed by atoms with Crippen LogP contribution in [-0.2, 0) is 6.61 Å². The van der Waals surface area contributed by atoms with Crippen LogP contribution >= 0.6 is 23.2 Å². The molecule has 0 amide bonds. The van der Waals surface area contributed by atoms with E-state index in [1.807, 2.05) is 6.07 Å². The fourth-order valence-electron chi connectivity index (χ4n) is 3.66. The number of benzene rings is 1. The number of nitrogen functional groups attached to an aromatic ring is 1. The van der Waals surface area contributed by atoms with E-state index in [0.29, 0.717) is 33.3 Å². The van der Waals surface area contributed by atoms with Gasteiger partial charge in [0.15, 0.2) is 11.6 Å². The Hall–Kier alpha value is -2.94. The van der Waals surface area contributed by atoms with Crippen molar-refractivity contribution in [1.82, 2.24) is 9.97 Å². The van der Waals surface area contributed by atoms with Gasteiger partial charge in [-0.3, -0.25) is 10.4 Å². The summed E-state index contributed by atoms with van der Waals surface area (Å²) in [5.41, 5.74) is 13.5. The molecule has 0 bridgehead atoms. The molecule has 0 saturated carbocycles.